The summed E-state index contributed by atoms with van der Waals surface area (Å²) in [5, 5.41) is 4.40. The molecule has 0 aromatic carbocycles. The molecule has 0 aromatic rings. The molecule has 0 spiro atoms. The standard InChI is InChI=1S/C9H20N2S/c1-7(6-10)11-8-4-3-5-9(8)12-2/h7-9,11H,3-6,10H2,1-2H3. The summed E-state index contributed by atoms with van der Waals surface area (Å²) in [7, 11) is 0. The third-order valence-electron chi connectivity index (χ3n) is 2.61. The van der Waals surface area contributed by atoms with E-state index in [0.29, 0.717) is 12.1 Å². The molecule has 0 amide bonds. The average Bonchev–Trinajstić information content (AvgIpc) is 2.51. The van der Waals surface area contributed by atoms with Gasteiger partial charge < -0.3 is 11.1 Å². The Balaban J connectivity index is 2.30. The van der Waals surface area contributed by atoms with Crippen LogP contribution in [0.5, 0.6) is 0 Å². The lowest BCUT2D eigenvalue weighted by Gasteiger charge is -2.22. The van der Waals surface area contributed by atoms with E-state index in [1.165, 1.54) is 19.3 Å². The monoisotopic (exact) mass is 188 g/mol. The van der Waals surface area contributed by atoms with Crippen molar-refractivity contribution in [1.82, 2.24) is 5.32 Å². The van der Waals surface area contributed by atoms with E-state index < -0.39 is 0 Å². The van der Waals surface area contributed by atoms with Crippen LogP contribution in [-0.2, 0) is 0 Å². The highest BCUT2D eigenvalue weighted by atomic mass is 32.2. The smallest absolute Gasteiger partial charge is 0.0198 e. The Bertz CT molecular complexity index is 130. The van der Waals surface area contributed by atoms with Gasteiger partial charge in [0.25, 0.3) is 0 Å². The molecule has 1 aliphatic rings. The molecule has 3 heteroatoms. The van der Waals surface area contributed by atoms with Gasteiger partial charge in [0.15, 0.2) is 0 Å². The van der Waals surface area contributed by atoms with E-state index in [0.717, 1.165) is 11.8 Å². The Morgan fingerprint density at radius 2 is 2.33 bits per heavy atom. The van der Waals surface area contributed by atoms with Crippen LogP contribution in [0.1, 0.15) is 26.2 Å². The summed E-state index contributed by atoms with van der Waals surface area (Å²) in [6, 6.07) is 1.18. The fourth-order valence-electron chi connectivity index (χ4n) is 1.83. The second-order valence-corrected chi connectivity index (χ2v) is 4.69. The van der Waals surface area contributed by atoms with Crippen LogP contribution in [0.25, 0.3) is 0 Å². The first-order valence-corrected chi connectivity index (χ1v) is 6.05. The molecule has 3 N–H and O–H groups in total. The van der Waals surface area contributed by atoms with Crippen molar-refractivity contribution in [3.05, 3.63) is 0 Å². The van der Waals surface area contributed by atoms with Gasteiger partial charge in [0.2, 0.25) is 0 Å². The predicted octanol–water partition coefficient (Wildman–Crippen LogP) is 1.21. The van der Waals surface area contributed by atoms with Gasteiger partial charge in [0.05, 0.1) is 0 Å². The van der Waals surface area contributed by atoms with Crippen LogP contribution in [0.15, 0.2) is 0 Å². The molecule has 0 heterocycles. The highest BCUT2D eigenvalue weighted by Gasteiger charge is 2.26. The van der Waals surface area contributed by atoms with E-state index in [2.05, 4.69) is 18.5 Å². The normalized spacial score (nSPS) is 32.2. The number of hydrogen-bond donors (Lipinski definition) is 2. The molecular formula is C9H20N2S. The Morgan fingerprint density at radius 1 is 1.58 bits per heavy atom. The van der Waals surface area contributed by atoms with Gasteiger partial charge in [-0.15, -0.1) is 0 Å². The highest BCUT2D eigenvalue weighted by molar-refractivity contribution is 7.99. The van der Waals surface area contributed by atoms with Crippen LogP contribution >= 0.6 is 11.8 Å². The molecule has 0 aromatic heterocycles. The summed E-state index contributed by atoms with van der Waals surface area (Å²) in [6.07, 6.45) is 6.28. The lowest BCUT2D eigenvalue weighted by molar-refractivity contribution is 0.461. The minimum Gasteiger partial charge on any atom is -0.329 e. The first kappa shape index (κ1) is 10.4. The first-order valence-electron chi connectivity index (χ1n) is 4.76. The van der Waals surface area contributed by atoms with Gasteiger partial charge in [0.1, 0.15) is 0 Å². The first-order chi connectivity index (χ1) is 5.77. The quantitative estimate of drug-likeness (QED) is 0.696. The van der Waals surface area contributed by atoms with Crippen molar-refractivity contribution >= 4 is 11.8 Å². The van der Waals surface area contributed by atoms with E-state index in [9.17, 15) is 0 Å². The summed E-state index contributed by atoms with van der Waals surface area (Å²) in [4.78, 5) is 0. The van der Waals surface area contributed by atoms with Gasteiger partial charge in [0, 0.05) is 23.9 Å². The van der Waals surface area contributed by atoms with Gasteiger partial charge in [-0.2, -0.15) is 11.8 Å². The Hall–Kier alpha value is 0.270. The van der Waals surface area contributed by atoms with E-state index in [1.54, 1.807) is 0 Å². The highest BCUT2D eigenvalue weighted by Crippen LogP contribution is 2.28. The lowest BCUT2D eigenvalue weighted by atomic mass is 10.2. The number of nitrogens with two attached hydrogens (primary N) is 1. The summed E-state index contributed by atoms with van der Waals surface area (Å²) < 4.78 is 0. The third kappa shape index (κ3) is 2.64. The van der Waals surface area contributed by atoms with Gasteiger partial charge in [-0.1, -0.05) is 6.42 Å². The Labute approximate surface area is 79.7 Å². The van der Waals surface area contributed by atoms with Gasteiger partial charge in [-0.25, -0.2) is 0 Å². The minimum absolute atomic E-state index is 0.475. The lowest BCUT2D eigenvalue weighted by Crippen LogP contribution is -2.43. The topological polar surface area (TPSA) is 38.0 Å². The Morgan fingerprint density at radius 3 is 2.92 bits per heavy atom. The van der Waals surface area contributed by atoms with Crippen molar-refractivity contribution in [2.75, 3.05) is 12.8 Å². The van der Waals surface area contributed by atoms with Crippen molar-refractivity contribution in [3.8, 4) is 0 Å². The summed E-state index contributed by atoms with van der Waals surface area (Å²) in [5.41, 5.74) is 5.57. The minimum atomic E-state index is 0.475. The second kappa shape index (κ2) is 5.10. The zero-order chi connectivity index (χ0) is 8.97. The number of nitrogens with one attached hydrogen (secondary N) is 1. The van der Waals surface area contributed by atoms with Crippen LogP contribution in [-0.4, -0.2) is 30.1 Å². The van der Waals surface area contributed by atoms with Crippen LogP contribution in [0.2, 0.25) is 0 Å². The van der Waals surface area contributed by atoms with Crippen molar-refractivity contribution in [1.29, 1.82) is 0 Å². The molecule has 0 saturated heterocycles. The fraction of sp³-hybridized carbons (Fsp3) is 1.00. The zero-order valence-electron chi connectivity index (χ0n) is 8.05. The predicted molar refractivity (Wildman–Crippen MR) is 56.6 cm³/mol. The SMILES string of the molecule is CSC1CCCC1NC(C)CN. The summed E-state index contributed by atoms with van der Waals surface area (Å²) in [5.74, 6) is 0. The van der Waals surface area contributed by atoms with Crippen molar-refractivity contribution in [2.24, 2.45) is 5.73 Å². The van der Waals surface area contributed by atoms with Crippen molar-refractivity contribution in [3.63, 3.8) is 0 Å². The molecule has 3 unspecified atom stereocenters. The van der Waals surface area contributed by atoms with E-state index in [4.69, 9.17) is 5.73 Å². The molecule has 1 aliphatic carbocycles. The zero-order valence-corrected chi connectivity index (χ0v) is 8.86. The molecule has 0 radical (unpaired) electrons. The molecule has 3 atom stereocenters. The Kier molecular flexibility index (Phi) is 4.40. The van der Waals surface area contributed by atoms with E-state index >= 15 is 0 Å². The van der Waals surface area contributed by atoms with Crippen molar-refractivity contribution < 1.29 is 0 Å². The van der Waals surface area contributed by atoms with Crippen LogP contribution in [0.3, 0.4) is 0 Å². The van der Waals surface area contributed by atoms with Crippen LogP contribution in [0.4, 0.5) is 0 Å². The molecule has 1 fully saturated rings. The largest absolute Gasteiger partial charge is 0.329 e. The molecule has 12 heavy (non-hydrogen) atoms. The van der Waals surface area contributed by atoms with E-state index in [-0.39, 0.29) is 0 Å². The number of thioether (sulfide) groups is 1. The summed E-state index contributed by atoms with van der Waals surface area (Å²) in [6.45, 7) is 2.91. The molecular weight excluding hydrogens is 168 g/mol. The van der Waals surface area contributed by atoms with Crippen LogP contribution < -0.4 is 11.1 Å². The van der Waals surface area contributed by atoms with Crippen molar-refractivity contribution in [2.45, 2.75) is 43.5 Å². The third-order valence-corrected chi connectivity index (χ3v) is 3.78. The maximum absolute atomic E-state index is 5.57. The van der Waals surface area contributed by atoms with Gasteiger partial charge in [-0.3, -0.25) is 0 Å². The number of hydrogen-bond acceptors (Lipinski definition) is 3. The molecule has 0 aliphatic heterocycles. The molecule has 1 rings (SSSR count). The fourth-order valence-corrected chi connectivity index (χ4v) is 2.78. The molecule has 1 saturated carbocycles. The maximum Gasteiger partial charge on any atom is 0.0198 e. The maximum atomic E-state index is 5.57. The van der Waals surface area contributed by atoms with Gasteiger partial charge >= 0.3 is 0 Å². The molecule has 0 bridgehead atoms. The second-order valence-electron chi connectivity index (χ2n) is 3.61. The molecule has 72 valence electrons. The summed E-state index contributed by atoms with van der Waals surface area (Å²) >= 11 is 1.99. The van der Waals surface area contributed by atoms with Crippen LogP contribution in [0, 0.1) is 0 Å². The average molecular weight is 188 g/mol. The number of rotatable bonds is 4. The van der Waals surface area contributed by atoms with Gasteiger partial charge in [-0.05, 0) is 26.0 Å². The van der Waals surface area contributed by atoms with E-state index in [1.807, 2.05) is 11.8 Å². The molecule has 2 nitrogen and oxygen atoms in total.